The van der Waals surface area contributed by atoms with Crippen LogP contribution in [0.2, 0.25) is 0 Å². The molecule has 0 aromatic heterocycles. The van der Waals surface area contributed by atoms with E-state index in [4.69, 9.17) is 0 Å². The van der Waals surface area contributed by atoms with E-state index in [2.05, 4.69) is 56.5 Å². The highest BCUT2D eigenvalue weighted by Gasteiger charge is 2.62. The summed E-state index contributed by atoms with van der Waals surface area (Å²) in [6.07, 6.45) is 6.46. The SMILES string of the molecule is CC1=C2CCCCC2=[N+]2c3ccccc3C(C)(C)C2(C)C1. The zero-order valence-electron chi connectivity index (χ0n) is 13.8. The van der Waals surface area contributed by atoms with Gasteiger partial charge in [0.2, 0.25) is 5.69 Å². The largest absolute Gasteiger partial charge is 0.209 e. The quantitative estimate of drug-likeness (QED) is 0.581. The molecule has 110 valence electrons. The van der Waals surface area contributed by atoms with Crippen molar-refractivity contribution >= 4 is 11.4 Å². The molecule has 1 unspecified atom stereocenters. The Labute approximate surface area is 128 Å². The molecule has 1 saturated carbocycles. The second-order valence-corrected chi connectivity index (χ2v) is 7.84. The first-order chi connectivity index (χ1) is 9.97. The van der Waals surface area contributed by atoms with Gasteiger partial charge in [-0.2, -0.15) is 4.58 Å². The Morgan fingerprint density at radius 1 is 1.00 bits per heavy atom. The van der Waals surface area contributed by atoms with Gasteiger partial charge in [0.15, 0.2) is 11.3 Å². The second kappa shape index (κ2) is 4.09. The lowest BCUT2D eigenvalue weighted by atomic mass is 9.66. The van der Waals surface area contributed by atoms with Gasteiger partial charge in [0.1, 0.15) is 0 Å². The maximum atomic E-state index is 2.73. The molecular formula is C20H26N+. The number of benzene rings is 1. The monoisotopic (exact) mass is 280 g/mol. The molecule has 3 aliphatic rings. The lowest BCUT2D eigenvalue weighted by Gasteiger charge is -2.39. The standard InChI is InChI=1S/C20H26N/c1-14-13-20(4)19(2,3)16-10-6-8-12-18(16)21(20)17-11-7-5-9-15(14)17/h6,8,10,12H,5,7,9,11,13H2,1-4H3/q+1. The van der Waals surface area contributed by atoms with Crippen molar-refractivity contribution in [3.63, 3.8) is 0 Å². The summed E-state index contributed by atoms with van der Waals surface area (Å²) in [7, 11) is 0. The summed E-state index contributed by atoms with van der Waals surface area (Å²) < 4.78 is 2.73. The number of nitrogens with zero attached hydrogens (tertiary/aromatic N) is 1. The first-order valence-corrected chi connectivity index (χ1v) is 8.41. The molecule has 2 heterocycles. The fraction of sp³-hybridized carbons (Fsp3) is 0.550. The molecule has 0 radical (unpaired) electrons. The molecule has 0 spiro atoms. The van der Waals surface area contributed by atoms with Gasteiger partial charge in [0, 0.05) is 37.0 Å². The van der Waals surface area contributed by atoms with Gasteiger partial charge in [-0.1, -0.05) is 23.8 Å². The van der Waals surface area contributed by atoms with E-state index in [0.29, 0.717) is 0 Å². The number of hydrogen-bond donors (Lipinski definition) is 0. The van der Waals surface area contributed by atoms with Crippen LogP contribution in [-0.2, 0) is 5.41 Å². The maximum Gasteiger partial charge on any atom is 0.209 e. The number of fused-ring (bicyclic) bond motifs is 4. The molecule has 1 nitrogen and oxygen atoms in total. The van der Waals surface area contributed by atoms with Crippen LogP contribution in [0.25, 0.3) is 0 Å². The van der Waals surface area contributed by atoms with Crippen LogP contribution in [0.4, 0.5) is 5.69 Å². The fourth-order valence-corrected chi connectivity index (χ4v) is 4.99. The minimum absolute atomic E-state index is 0.191. The molecule has 1 heteroatoms. The topological polar surface area (TPSA) is 3.01 Å². The Morgan fingerprint density at radius 2 is 1.71 bits per heavy atom. The molecule has 0 N–H and O–H groups in total. The van der Waals surface area contributed by atoms with Crippen molar-refractivity contribution in [2.24, 2.45) is 0 Å². The zero-order valence-corrected chi connectivity index (χ0v) is 13.8. The van der Waals surface area contributed by atoms with E-state index in [1.807, 2.05) is 0 Å². The number of hydrogen-bond acceptors (Lipinski definition) is 0. The molecule has 1 aromatic carbocycles. The number of allylic oxidation sites excluding steroid dienone is 1. The minimum Gasteiger partial charge on any atom is -0.189 e. The van der Waals surface area contributed by atoms with Crippen LogP contribution in [0.1, 0.15) is 65.4 Å². The van der Waals surface area contributed by atoms with Gasteiger partial charge in [-0.05, 0) is 40.0 Å². The van der Waals surface area contributed by atoms with Gasteiger partial charge in [0.05, 0.1) is 5.41 Å². The summed E-state index contributed by atoms with van der Waals surface area (Å²) in [5, 5.41) is 0. The van der Waals surface area contributed by atoms with Gasteiger partial charge < -0.3 is 0 Å². The Morgan fingerprint density at radius 3 is 2.52 bits per heavy atom. The lowest BCUT2D eigenvalue weighted by molar-refractivity contribution is -0.532. The highest BCUT2D eigenvalue weighted by atomic mass is 15.2. The van der Waals surface area contributed by atoms with E-state index < -0.39 is 0 Å². The fourth-order valence-electron chi connectivity index (χ4n) is 4.99. The van der Waals surface area contributed by atoms with E-state index in [1.165, 1.54) is 43.4 Å². The zero-order chi connectivity index (χ0) is 14.8. The van der Waals surface area contributed by atoms with Crippen molar-refractivity contribution in [3.8, 4) is 0 Å². The van der Waals surface area contributed by atoms with E-state index in [9.17, 15) is 0 Å². The van der Waals surface area contributed by atoms with Crippen LogP contribution in [-0.4, -0.2) is 15.8 Å². The summed E-state index contributed by atoms with van der Waals surface area (Å²) in [4.78, 5) is 0. The molecule has 0 amide bonds. The van der Waals surface area contributed by atoms with E-state index >= 15 is 0 Å². The van der Waals surface area contributed by atoms with Crippen LogP contribution >= 0.6 is 0 Å². The van der Waals surface area contributed by atoms with Crippen molar-refractivity contribution in [2.45, 2.75) is 70.8 Å². The summed E-state index contributed by atoms with van der Waals surface area (Å²) in [6.45, 7) is 9.73. The first kappa shape index (κ1) is 13.3. The third kappa shape index (κ3) is 1.50. The summed E-state index contributed by atoms with van der Waals surface area (Å²) >= 11 is 0. The van der Waals surface area contributed by atoms with Crippen molar-refractivity contribution in [3.05, 3.63) is 41.0 Å². The summed E-state index contributed by atoms with van der Waals surface area (Å²) in [5.74, 6) is 0. The molecule has 21 heavy (non-hydrogen) atoms. The number of para-hydroxylation sites is 1. The Hall–Kier alpha value is -1.37. The smallest absolute Gasteiger partial charge is 0.189 e. The van der Waals surface area contributed by atoms with Crippen molar-refractivity contribution in [1.29, 1.82) is 0 Å². The Balaban J connectivity index is 2.07. The Bertz CT molecular complexity index is 690. The van der Waals surface area contributed by atoms with Crippen LogP contribution in [0.5, 0.6) is 0 Å². The number of rotatable bonds is 0. The highest BCUT2D eigenvalue weighted by Crippen LogP contribution is 2.55. The molecule has 1 aromatic rings. The minimum atomic E-state index is 0.191. The van der Waals surface area contributed by atoms with Crippen molar-refractivity contribution in [1.82, 2.24) is 0 Å². The van der Waals surface area contributed by atoms with Gasteiger partial charge in [-0.25, -0.2) is 0 Å². The predicted molar refractivity (Wildman–Crippen MR) is 88.6 cm³/mol. The predicted octanol–water partition coefficient (Wildman–Crippen LogP) is 5.12. The van der Waals surface area contributed by atoms with Crippen LogP contribution in [0, 0.1) is 0 Å². The van der Waals surface area contributed by atoms with Crippen LogP contribution < -0.4 is 0 Å². The normalized spacial score (nSPS) is 30.1. The van der Waals surface area contributed by atoms with E-state index in [0.717, 1.165) is 0 Å². The molecule has 4 rings (SSSR count). The molecule has 1 aliphatic carbocycles. The Kier molecular flexibility index (Phi) is 2.59. The molecule has 1 atom stereocenters. The second-order valence-electron chi connectivity index (χ2n) is 7.84. The van der Waals surface area contributed by atoms with Crippen LogP contribution in [0.3, 0.4) is 0 Å². The van der Waals surface area contributed by atoms with Gasteiger partial charge in [0.25, 0.3) is 0 Å². The van der Waals surface area contributed by atoms with Gasteiger partial charge >= 0.3 is 0 Å². The van der Waals surface area contributed by atoms with E-state index in [-0.39, 0.29) is 11.0 Å². The first-order valence-electron chi connectivity index (χ1n) is 8.41. The third-order valence-corrected chi connectivity index (χ3v) is 6.49. The van der Waals surface area contributed by atoms with E-state index in [1.54, 1.807) is 16.9 Å². The molecule has 2 aliphatic heterocycles. The summed E-state index contributed by atoms with van der Waals surface area (Å²) in [6, 6.07) is 9.09. The molecule has 0 bridgehead atoms. The van der Waals surface area contributed by atoms with Gasteiger partial charge in [-0.15, -0.1) is 0 Å². The van der Waals surface area contributed by atoms with Crippen LogP contribution in [0.15, 0.2) is 35.4 Å². The highest BCUT2D eigenvalue weighted by molar-refractivity contribution is 5.99. The average molecular weight is 280 g/mol. The van der Waals surface area contributed by atoms with Crippen molar-refractivity contribution < 1.29 is 4.58 Å². The molecule has 1 fully saturated rings. The average Bonchev–Trinajstić information content (AvgIpc) is 2.64. The third-order valence-electron chi connectivity index (χ3n) is 6.49. The summed E-state index contributed by atoms with van der Waals surface area (Å²) in [5.41, 5.74) is 8.32. The van der Waals surface area contributed by atoms with Gasteiger partial charge in [-0.3, -0.25) is 0 Å². The molecular weight excluding hydrogens is 254 g/mol. The maximum absolute atomic E-state index is 2.73. The van der Waals surface area contributed by atoms with Crippen molar-refractivity contribution in [2.75, 3.05) is 0 Å². The lowest BCUT2D eigenvalue weighted by Crippen LogP contribution is -2.51. The molecule has 0 saturated heterocycles.